The molecule has 0 amide bonds. The van der Waals surface area contributed by atoms with Gasteiger partial charge >= 0.3 is 0 Å². The highest BCUT2D eigenvalue weighted by atomic mass is 16.3. The quantitative estimate of drug-likeness (QED) is 0.182. The van der Waals surface area contributed by atoms with Gasteiger partial charge in [0.1, 0.15) is 11.2 Å². The van der Waals surface area contributed by atoms with E-state index in [0.717, 1.165) is 0 Å². The number of nitrogens with zero attached hydrogens (tertiary/aromatic N) is 3. The first-order valence-corrected chi connectivity index (χ1v) is 14.7. The van der Waals surface area contributed by atoms with E-state index in [2.05, 4.69) is 15.0 Å². The topological polar surface area (TPSA) is 51.8 Å². The molecule has 4 heteroatoms. The van der Waals surface area contributed by atoms with Crippen LogP contribution in [0, 0.1) is 0 Å². The van der Waals surface area contributed by atoms with Crippen molar-refractivity contribution in [3.05, 3.63) is 175 Å². The molecule has 0 unspecified atom stereocenters. The molecule has 10 aromatic rings. The van der Waals surface area contributed by atoms with Crippen LogP contribution in [0.5, 0.6) is 0 Å². The van der Waals surface area contributed by atoms with E-state index in [4.69, 9.17) is 33.2 Å². The van der Waals surface area contributed by atoms with Crippen LogP contribution in [-0.2, 0) is 0 Å². The van der Waals surface area contributed by atoms with Gasteiger partial charge in [0.2, 0.25) is 0 Å². The minimum atomic E-state index is -1.09. The van der Waals surface area contributed by atoms with Crippen molar-refractivity contribution in [1.82, 2.24) is 15.0 Å². The Hall–Kier alpha value is -6.91. The standard InChI is InChI=1S/C47H29N3O/c1-3-13-33(14-4-1)45-48-46(34-15-5-2-6-16-34)50-47(49-45)40-27-26-39(44-43(40)41-28-35-17-7-8-18-36(35)29-42(41)51-44)32-24-22-31(23-25-32)38-21-11-19-30-12-9-10-20-37(30)38/h1-29H/i1D,2D,3D,4D,5D,6D,7D,8D,9D,10D,11D,12D,13D,14D,15D,16D,17D,18D,19D,20D,21D,22D,23D,24D,25D,26D,27D,28D,29D. The van der Waals surface area contributed by atoms with Crippen molar-refractivity contribution in [2.45, 2.75) is 0 Å². The number of furan rings is 1. The van der Waals surface area contributed by atoms with Gasteiger partial charge in [-0.25, -0.2) is 15.0 Å². The third-order valence-electron chi connectivity index (χ3n) is 7.62. The first-order chi connectivity index (χ1) is 37.3. The minimum absolute atomic E-state index is 0.572. The van der Waals surface area contributed by atoms with Gasteiger partial charge < -0.3 is 4.42 Å². The molecule has 51 heavy (non-hydrogen) atoms. The van der Waals surface area contributed by atoms with Crippen molar-refractivity contribution in [3.63, 3.8) is 0 Å². The predicted octanol–water partition coefficient (Wildman–Crippen LogP) is 12.4. The summed E-state index contributed by atoms with van der Waals surface area (Å²) in [4.78, 5) is 13.0. The molecule has 2 aromatic heterocycles. The maximum atomic E-state index is 9.80. The Balaban J connectivity index is 1.43. The molecule has 0 bridgehead atoms. The maximum absolute atomic E-state index is 9.80. The summed E-state index contributed by atoms with van der Waals surface area (Å²) in [5, 5.41) is -3.62. The molecule has 10 rings (SSSR count). The number of hydrogen-bond donors (Lipinski definition) is 0. The molecular weight excluding hydrogens is 623 g/mol. The fraction of sp³-hybridized carbons (Fsp3) is 0. The van der Waals surface area contributed by atoms with Crippen molar-refractivity contribution in [2.75, 3.05) is 0 Å². The van der Waals surface area contributed by atoms with Crippen molar-refractivity contribution < 1.29 is 44.2 Å². The van der Waals surface area contributed by atoms with E-state index in [9.17, 15) is 11.0 Å². The monoisotopic (exact) mass is 680 g/mol. The van der Waals surface area contributed by atoms with Crippen molar-refractivity contribution in [3.8, 4) is 56.4 Å². The summed E-state index contributed by atoms with van der Waals surface area (Å²) in [5.74, 6) is -2.60. The predicted molar refractivity (Wildman–Crippen MR) is 209 cm³/mol. The first-order valence-electron chi connectivity index (χ1n) is 29.2. The summed E-state index contributed by atoms with van der Waals surface area (Å²) in [6.07, 6.45) is 0. The zero-order chi connectivity index (χ0) is 59.0. The molecule has 4 nitrogen and oxygen atoms in total. The van der Waals surface area contributed by atoms with Crippen LogP contribution in [0.2, 0.25) is 0 Å². The van der Waals surface area contributed by atoms with E-state index in [0.29, 0.717) is 0 Å². The smallest absolute Gasteiger partial charge is 0.164 e. The van der Waals surface area contributed by atoms with E-state index in [1.54, 1.807) is 0 Å². The average molecular weight is 681 g/mol. The van der Waals surface area contributed by atoms with Crippen LogP contribution in [0.1, 0.15) is 39.8 Å². The van der Waals surface area contributed by atoms with E-state index >= 15 is 0 Å². The molecule has 0 saturated carbocycles. The van der Waals surface area contributed by atoms with Gasteiger partial charge in [0.05, 0.1) is 39.8 Å². The molecule has 8 aromatic carbocycles. The average Bonchev–Trinajstić information content (AvgIpc) is 4.05. The van der Waals surface area contributed by atoms with Crippen LogP contribution in [-0.4, -0.2) is 15.0 Å². The highest BCUT2D eigenvalue weighted by Crippen LogP contribution is 2.43. The van der Waals surface area contributed by atoms with Gasteiger partial charge in [-0.15, -0.1) is 0 Å². The Morgan fingerprint density at radius 1 is 0.373 bits per heavy atom. The summed E-state index contributed by atoms with van der Waals surface area (Å²) in [6, 6.07) is -26.7. The van der Waals surface area contributed by atoms with E-state index in [-0.39, 0.29) is 0 Å². The van der Waals surface area contributed by atoms with Crippen molar-refractivity contribution in [2.24, 2.45) is 0 Å². The molecule has 0 fully saturated rings. The summed E-state index contributed by atoms with van der Waals surface area (Å²) in [5.41, 5.74) is -7.01. The van der Waals surface area contributed by atoms with Crippen LogP contribution < -0.4 is 0 Å². The van der Waals surface area contributed by atoms with Crippen LogP contribution in [0.4, 0.5) is 0 Å². The molecule has 0 aliphatic carbocycles. The maximum Gasteiger partial charge on any atom is 0.164 e. The summed E-state index contributed by atoms with van der Waals surface area (Å²) < 4.78 is 263. The normalized spacial score (nSPS) is 19.5. The fourth-order valence-electron chi connectivity index (χ4n) is 5.38. The van der Waals surface area contributed by atoms with E-state index in [1.165, 1.54) is 0 Å². The van der Waals surface area contributed by atoms with Gasteiger partial charge in [0.25, 0.3) is 0 Å². The lowest BCUT2D eigenvalue weighted by atomic mass is 9.94. The third-order valence-corrected chi connectivity index (χ3v) is 7.62. The summed E-state index contributed by atoms with van der Waals surface area (Å²) in [6.45, 7) is 0. The third kappa shape index (κ3) is 5.04. The SMILES string of the molecule is [2H]c1c([2H])c([2H])c(-c2nc(-c3c([2H])c([2H])c([2H])c([2H])c3[2H])nc(-c3c([2H])c([2H])c(-c4c([2H])c([2H])c(-c5c([2H])c([2H])c([2H])c6c([2H])c([2H])c([2H])c([2H])c56)c([2H])c4[2H])c4oc5c([2H])c6c([2H])c([2H])c([2H])c([2H])c6c([2H])c5c34)n2)c([2H])c1[2H]. The highest BCUT2D eigenvalue weighted by Gasteiger charge is 2.21. The molecule has 0 spiro atoms. The largest absolute Gasteiger partial charge is 0.455 e. The van der Waals surface area contributed by atoms with Gasteiger partial charge in [-0.3, -0.25) is 0 Å². The van der Waals surface area contributed by atoms with Gasteiger partial charge in [-0.1, -0.05) is 151 Å². The lowest BCUT2D eigenvalue weighted by Crippen LogP contribution is -2.00. The molecular formula is C47H29N3O. The number of hydrogen-bond acceptors (Lipinski definition) is 4. The van der Waals surface area contributed by atoms with Crippen LogP contribution in [0.3, 0.4) is 0 Å². The lowest BCUT2D eigenvalue weighted by molar-refractivity contribution is 0.670. The minimum Gasteiger partial charge on any atom is -0.455 e. The second-order valence-electron chi connectivity index (χ2n) is 10.6. The molecule has 0 radical (unpaired) electrons. The van der Waals surface area contributed by atoms with Gasteiger partial charge in [0, 0.05) is 33.0 Å². The second kappa shape index (κ2) is 11.9. The zero-order valence-corrected chi connectivity index (χ0v) is 25.2. The fourth-order valence-corrected chi connectivity index (χ4v) is 5.38. The summed E-state index contributed by atoms with van der Waals surface area (Å²) in [7, 11) is 0. The Morgan fingerprint density at radius 3 is 1.59 bits per heavy atom. The Labute approximate surface area is 335 Å². The Bertz CT molecular complexity index is 4410. The van der Waals surface area contributed by atoms with Gasteiger partial charge in [-0.05, 0) is 62.4 Å². The van der Waals surface area contributed by atoms with Crippen LogP contribution in [0.25, 0.3) is 99.9 Å². The second-order valence-corrected chi connectivity index (χ2v) is 10.6. The molecule has 0 saturated heterocycles. The molecule has 0 aliphatic rings. The van der Waals surface area contributed by atoms with Crippen LogP contribution >= 0.6 is 0 Å². The number of rotatable bonds is 5. The van der Waals surface area contributed by atoms with Crippen molar-refractivity contribution >= 4 is 43.5 Å². The Morgan fingerprint density at radius 2 is 0.902 bits per heavy atom. The molecule has 0 N–H and O–H groups in total. The first kappa shape index (κ1) is 12.1. The molecule has 238 valence electrons. The highest BCUT2D eigenvalue weighted by molar-refractivity contribution is 6.18. The lowest BCUT2D eigenvalue weighted by Gasteiger charge is -2.11. The Kier molecular flexibility index (Phi) is 2.83. The molecule has 0 aliphatic heterocycles. The molecule has 0 atom stereocenters. The van der Waals surface area contributed by atoms with Gasteiger partial charge in [-0.2, -0.15) is 0 Å². The number of aromatic nitrogens is 3. The zero-order valence-electron chi connectivity index (χ0n) is 54.2. The van der Waals surface area contributed by atoms with Crippen molar-refractivity contribution in [1.29, 1.82) is 0 Å². The van der Waals surface area contributed by atoms with E-state index < -0.39 is 275 Å². The molecule has 2 heterocycles. The summed E-state index contributed by atoms with van der Waals surface area (Å²) >= 11 is 0. The number of fused-ring (bicyclic) bond motifs is 5. The van der Waals surface area contributed by atoms with E-state index in [1.807, 2.05) is 0 Å². The number of benzene rings is 8. The van der Waals surface area contributed by atoms with Crippen LogP contribution in [0.15, 0.2) is 180 Å². The van der Waals surface area contributed by atoms with Gasteiger partial charge in [0.15, 0.2) is 17.5 Å².